The van der Waals surface area contributed by atoms with Gasteiger partial charge in [-0.05, 0) is 30.0 Å². The third-order valence-electron chi connectivity index (χ3n) is 5.61. The lowest BCUT2D eigenvalue weighted by Gasteiger charge is -2.31. The van der Waals surface area contributed by atoms with E-state index in [1.165, 1.54) is 10.9 Å². The molecule has 1 aliphatic heterocycles. The summed E-state index contributed by atoms with van der Waals surface area (Å²) in [5, 5.41) is 4.52. The van der Waals surface area contributed by atoms with E-state index in [-0.39, 0.29) is 11.9 Å². The second-order valence-corrected chi connectivity index (χ2v) is 7.66. The average molecular weight is 392 g/mol. The first kappa shape index (κ1) is 19.7. The van der Waals surface area contributed by atoms with Gasteiger partial charge in [0.1, 0.15) is 0 Å². The maximum Gasteiger partial charge on any atom is 0.220 e. The molecular formula is C24H29N3O2. The van der Waals surface area contributed by atoms with Crippen LogP contribution >= 0.6 is 0 Å². The summed E-state index contributed by atoms with van der Waals surface area (Å²) in [5.41, 5.74) is 3.59. The molecule has 1 amide bonds. The molecule has 1 unspecified atom stereocenters. The lowest BCUT2D eigenvalue weighted by molar-refractivity contribution is -0.122. The van der Waals surface area contributed by atoms with E-state index in [0.29, 0.717) is 6.42 Å². The van der Waals surface area contributed by atoms with Gasteiger partial charge in [0.25, 0.3) is 0 Å². The van der Waals surface area contributed by atoms with Gasteiger partial charge in [-0.2, -0.15) is 0 Å². The highest BCUT2D eigenvalue weighted by molar-refractivity contribution is 5.83. The Morgan fingerprint density at radius 3 is 2.66 bits per heavy atom. The Morgan fingerprint density at radius 2 is 1.83 bits per heavy atom. The third kappa shape index (κ3) is 5.25. The number of carbonyl (C=O) groups is 1. The summed E-state index contributed by atoms with van der Waals surface area (Å²) in [4.78, 5) is 18.4. The molecule has 0 saturated carbocycles. The molecule has 5 nitrogen and oxygen atoms in total. The van der Waals surface area contributed by atoms with Gasteiger partial charge in [-0.25, -0.2) is 0 Å². The van der Waals surface area contributed by atoms with Crippen molar-refractivity contribution < 1.29 is 9.53 Å². The van der Waals surface area contributed by atoms with Crippen molar-refractivity contribution in [3.63, 3.8) is 0 Å². The van der Waals surface area contributed by atoms with Gasteiger partial charge in [0.15, 0.2) is 0 Å². The molecule has 29 heavy (non-hydrogen) atoms. The van der Waals surface area contributed by atoms with Crippen molar-refractivity contribution in [3.8, 4) is 0 Å². The number of H-pyrrole nitrogens is 1. The van der Waals surface area contributed by atoms with E-state index < -0.39 is 0 Å². The number of aryl methyl sites for hydroxylation is 1. The maximum absolute atomic E-state index is 12.7. The van der Waals surface area contributed by atoms with Gasteiger partial charge in [0.2, 0.25) is 5.91 Å². The molecule has 0 aliphatic carbocycles. The Labute approximate surface area is 172 Å². The molecule has 152 valence electrons. The van der Waals surface area contributed by atoms with Crippen LogP contribution in [-0.4, -0.2) is 48.6 Å². The molecule has 5 heteroatoms. The first-order valence-corrected chi connectivity index (χ1v) is 10.5. The van der Waals surface area contributed by atoms with Gasteiger partial charge in [-0.1, -0.05) is 48.5 Å². The number of carbonyl (C=O) groups excluding carboxylic acids is 1. The molecule has 0 radical (unpaired) electrons. The first-order chi connectivity index (χ1) is 14.3. The van der Waals surface area contributed by atoms with Crippen molar-refractivity contribution in [1.29, 1.82) is 0 Å². The fourth-order valence-corrected chi connectivity index (χ4v) is 4.01. The minimum atomic E-state index is 0.00916. The molecule has 2 heterocycles. The third-order valence-corrected chi connectivity index (χ3v) is 5.61. The van der Waals surface area contributed by atoms with Gasteiger partial charge in [-0.15, -0.1) is 0 Å². The van der Waals surface area contributed by atoms with Crippen LogP contribution in [-0.2, 0) is 16.0 Å². The summed E-state index contributed by atoms with van der Waals surface area (Å²) in [5.74, 6) is 0.118. The predicted molar refractivity (Wildman–Crippen MR) is 116 cm³/mol. The number of hydrogen-bond donors (Lipinski definition) is 2. The molecule has 1 atom stereocenters. The second kappa shape index (κ2) is 9.72. The second-order valence-electron chi connectivity index (χ2n) is 7.66. The molecule has 1 aliphatic rings. The van der Waals surface area contributed by atoms with Crippen LogP contribution in [0, 0.1) is 0 Å². The lowest BCUT2D eigenvalue weighted by Crippen LogP contribution is -2.43. The highest BCUT2D eigenvalue weighted by atomic mass is 16.5. The largest absolute Gasteiger partial charge is 0.379 e. The number of aromatic nitrogens is 1. The zero-order valence-electron chi connectivity index (χ0n) is 16.8. The summed E-state index contributed by atoms with van der Waals surface area (Å²) < 4.78 is 5.46. The van der Waals surface area contributed by atoms with Gasteiger partial charge in [0, 0.05) is 43.2 Å². The molecule has 3 aromatic rings. The van der Waals surface area contributed by atoms with Crippen LogP contribution < -0.4 is 5.32 Å². The van der Waals surface area contributed by atoms with Crippen molar-refractivity contribution in [1.82, 2.24) is 15.2 Å². The number of nitrogens with one attached hydrogen (secondary N) is 2. The number of morpholine rings is 1. The Kier molecular flexibility index (Phi) is 6.60. The van der Waals surface area contributed by atoms with Crippen molar-refractivity contribution in [2.75, 3.05) is 32.8 Å². The molecule has 4 rings (SSSR count). The van der Waals surface area contributed by atoms with E-state index in [0.717, 1.165) is 56.8 Å². The average Bonchev–Trinajstić information content (AvgIpc) is 3.18. The molecule has 1 aromatic heterocycles. The normalized spacial score (nSPS) is 16.0. The van der Waals surface area contributed by atoms with Gasteiger partial charge in [0.05, 0.1) is 19.3 Å². The van der Waals surface area contributed by atoms with E-state index >= 15 is 0 Å². The molecule has 0 bridgehead atoms. The number of amides is 1. The number of rotatable bonds is 8. The molecule has 1 fully saturated rings. The number of nitrogens with zero attached hydrogens (tertiary/aromatic N) is 1. The van der Waals surface area contributed by atoms with Gasteiger partial charge < -0.3 is 15.0 Å². The van der Waals surface area contributed by atoms with Crippen LogP contribution in [0.15, 0.2) is 60.8 Å². The summed E-state index contributed by atoms with van der Waals surface area (Å²) in [7, 11) is 0. The molecule has 2 aromatic carbocycles. The zero-order chi connectivity index (χ0) is 19.9. The van der Waals surface area contributed by atoms with Crippen molar-refractivity contribution in [3.05, 3.63) is 71.9 Å². The zero-order valence-corrected chi connectivity index (χ0v) is 16.8. The Hall–Kier alpha value is -2.63. The van der Waals surface area contributed by atoms with Crippen LogP contribution in [0.5, 0.6) is 0 Å². The Bertz CT molecular complexity index is 916. The summed E-state index contributed by atoms with van der Waals surface area (Å²) in [6.07, 6.45) is 4.34. The highest BCUT2D eigenvalue weighted by Gasteiger charge is 2.20. The lowest BCUT2D eigenvalue weighted by atomic mass is 10.0. The Morgan fingerprint density at radius 1 is 1.07 bits per heavy atom. The number of aromatic amines is 1. The van der Waals surface area contributed by atoms with E-state index in [2.05, 4.69) is 51.7 Å². The standard InChI is InChI=1S/C24H29N3O2/c28-24(12-6-9-20-17-25-22-11-5-4-10-21(20)22)26-23(19-7-2-1-3-8-19)18-27-13-15-29-16-14-27/h1-5,7-8,10-11,17,23,25H,6,9,12-16,18H2,(H,26,28). The van der Waals surface area contributed by atoms with Gasteiger partial charge >= 0.3 is 0 Å². The molecule has 0 spiro atoms. The van der Waals surface area contributed by atoms with E-state index in [1.54, 1.807) is 0 Å². The van der Waals surface area contributed by atoms with Crippen molar-refractivity contribution >= 4 is 16.8 Å². The fraction of sp³-hybridized carbons (Fsp3) is 0.375. The van der Waals surface area contributed by atoms with E-state index in [9.17, 15) is 4.79 Å². The minimum absolute atomic E-state index is 0.00916. The predicted octanol–water partition coefficient (Wildman–Crippen LogP) is 3.68. The SMILES string of the molecule is O=C(CCCc1c[nH]c2ccccc12)NC(CN1CCOCC1)c1ccccc1. The summed E-state index contributed by atoms with van der Waals surface area (Å²) in [6, 6.07) is 18.6. The number of para-hydroxylation sites is 1. The molecule has 2 N–H and O–H groups in total. The van der Waals surface area contributed by atoms with Crippen molar-refractivity contribution in [2.24, 2.45) is 0 Å². The van der Waals surface area contributed by atoms with E-state index in [4.69, 9.17) is 4.74 Å². The number of benzene rings is 2. The van der Waals surface area contributed by atoms with E-state index in [1.807, 2.05) is 24.3 Å². The first-order valence-electron chi connectivity index (χ1n) is 10.5. The molecular weight excluding hydrogens is 362 g/mol. The quantitative estimate of drug-likeness (QED) is 0.616. The van der Waals surface area contributed by atoms with Crippen LogP contribution in [0.3, 0.4) is 0 Å². The summed E-state index contributed by atoms with van der Waals surface area (Å²) >= 11 is 0. The smallest absolute Gasteiger partial charge is 0.220 e. The van der Waals surface area contributed by atoms with Crippen LogP contribution in [0.2, 0.25) is 0 Å². The maximum atomic E-state index is 12.7. The van der Waals surface area contributed by atoms with Gasteiger partial charge in [-0.3, -0.25) is 9.69 Å². The summed E-state index contributed by atoms with van der Waals surface area (Å²) in [6.45, 7) is 4.18. The van der Waals surface area contributed by atoms with Crippen LogP contribution in [0.4, 0.5) is 0 Å². The van der Waals surface area contributed by atoms with Crippen molar-refractivity contribution in [2.45, 2.75) is 25.3 Å². The van der Waals surface area contributed by atoms with Crippen LogP contribution in [0.1, 0.15) is 30.0 Å². The highest BCUT2D eigenvalue weighted by Crippen LogP contribution is 2.20. The fourth-order valence-electron chi connectivity index (χ4n) is 4.01. The number of ether oxygens (including phenoxy) is 1. The Balaban J connectivity index is 1.33. The topological polar surface area (TPSA) is 57.4 Å². The van der Waals surface area contributed by atoms with Crippen LogP contribution in [0.25, 0.3) is 10.9 Å². The minimum Gasteiger partial charge on any atom is -0.379 e. The monoisotopic (exact) mass is 391 g/mol. The number of hydrogen-bond acceptors (Lipinski definition) is 3. The molecule has 1 saturated heterocycles. The number of fused-ring (bicyclic) bond motifs is 1.